The maximum absolute atomic E-state index is 10.0. The van der Waals surface area contributed by atoms with Crippen LogP contribution < -0.4 is 0 Å². The molecule has 3 heteroatoms. The second kappa shape index (κ2) is 1.74. The molecule has 0 bridgehead atoms. The van der Waals surface area contributed by atoms with E-state index in [4.69, 9.17) is 10.2 Å². The van der Waals surface area contributed by atoms with Crippen LogP contribution in [0.2, 0.25) is 0 Å². The van der Waals surface area contributed by atoms with Gasteiger partial charge in [-0.05, 0) is 12.3 Å². The highest BCUT2D eigenvalue weighted by molar-refractivity contribution is 5.73. The molecule has 0 aromatic heterocycles. The van der Waals surface area contributed by atoms with Crippen LogP contribution in [-0.2, 0) is 4.79 Å². The molecule has 2 atom stereocenters. The van der Waals surface area contributed by atoms with Crippen LogP contribution in [0.15, 0.2) is 0 Å². The average Bonchev–Trinajstić information content (AvgIpc) is 2.42. The van der Waals surface area contributed by atoms with E-state index in [0.29, 0.717) is 6.42 Å². The summed E-state index contributed by atoms with van der Waals surface area (Å²) in [6.45, 7) is 0.0248. The number of carboxylic acids is 1. The predicted molar refractivity (Wildman–Crippen MR) is 26.3 cm³/mol. The van der Waals surface area contributed by atoms with Crippen molar-refractivity contribution in [1.29, 1.82) is 0 Å². The van der Waals surface area contributed by atoms with Crippen molar-refractivity contribution in [2.45, 2.75) is 6.42 Å². The zero-order chi connectivity index (χ0) is 6.15. The topological polar surface area (TPSA) is 57.5 Å². The van der Waals surface area contributed by atoms with Crippen LogP contribution in [0.5, 0.6) is 0 Å². The molecular weight excluding hydrogens is 108 g/mol. The lowest BCUT2D eigenvalue weighted by Gasteiger charge is -1.84. The molecule has 0 radical (unpaired) electrons. The minimum absolute atomic E-state index is 0.0248. The summed E-state index contributed by atoms with van der Waals surface area (Å²) in [7, 11) is 0. The summed E-state index contributed by atoms with van der Waals surface area (Å²) >= 11 is 0. The van der Waals surface area contributed by atoms with Crippen molar-refractivity contribution in [3.05, 3.63) is 0 Å². The summed E-state index contributed by atoms with van der Waals surface area (Å²) in [4.78, 5) is 10.0. The van der Waals surface area contributed by atoms with Gasteiger partial charge in [0.2, 0.25) is 0 Å². The largest absolute Gasteiger partial charge is 0.481 e. The van der Waals surface area contributed by atoms with E-state index in [2.05, 4.69) is 0 Å². The van der Waals surface area contributed by atoms with E-state index >= 15 is 0 Å². The lowest BCUT2D eigenvalue weighted by atomic mass is 10.3. The fourth-order valence-corrected chi connectivity index (χ4v) is 0.752. The highest BCUT2D eigenvalue weighted by atomic mass is 16.4. The first-order valence-electron chi connectivity index (χ1n) is 2.59. The summed E-state index contributed by atoms with van der Waals surface area (Å²) in [6, 6.07) is 0. The van der Waals surface area contributed by atoms with Gasteiger partial charge in [0.25, 0.3) is 0 Å². The van der Waals surface area contributed by atoms with Crippen molar-refractivity contribution >= 4 is 5.97 Å². The van der Waals surface area contributed by atoms with Crippen LogP contribution in [0.3, 0.4) is 0 Å². The molecule has 1 saturated carbocycles. The van der Waals surface area contributed by atoms with Gasteiger partial charge in [0, 0.05) is 6.61 Å². The van der Waals surface area contributed by atoms with Gasteiger partial charge in [0.15, 0.2) is 0 Å². The van der Waals surface area contributed by atoms with E-state index in [9.17, 15) is 4.79 Å². The summed E-state index contributed by atoms with van der Waals surface area (Å²) < 4.78 is 0. The van der Waals surface area contributed by atoms with Crippen molar-refractivity contribution in [2.24, 2.45) is 11.8 Å². The van der Waals surface area contributed by atoms with E-state index in [0.717, 1.165) is 0 Å². The van der Waals surface area contributed by atoms with Gasteiger partial charge in [0.05, 0.1) is 5.92 Å². The third kappa shape index (κ3) is 0.816. The summed E-state index contributed by atoms with van der Waals surface area (Å²) in [6.07, 6.45) is 0.659. The van der Waals surface area contributed by atoms with Gasteiger partial charge >= 0.3 is 5.97 Å². The lowest BCUT2D eigenvalue weighted by Crippen LogP contribution is -2.00. The number of aliphatic carboxylic acids is 1. The molecule has 8 heavy (non-hydrogen) atoms. The number of rotatable bonds is 2. The molecule has 0 aliphatic heterocycles. The second-order valence-corrected chi connectivity index (χ2v) is 2.12. The normalized spacial score (nSPS) is 34.6. The number of hydrogen-bond donors (Lipinski definition) is 2. The fraction of sp³-hybridized carbons (Fsp3) is 0.800. The predicted octanol–water partition coefficient (Wildman–Crippen LogP) is -0.301. The van der Waals surface area contributed by atoms with Crippen molar-refractivity contribution in [3.8, 4) is 0 Å². The van der Waals surface area contributed by atoms with Crippen LogP contribution in [0.1, 0.15) is 6.42 Å². The molecule has 1 aliphatic carbocycles. The van der Waals surface area contributed by atoms with E-state index in [1.54, 1.807) is 0 Å². The van der Waals surface area contributed by atoms with Crippen molar-refractivity contribution in [2.75, 3.05) is 6.61 Å². The maximum atomic E-state index is 10.0. The lowest BCUT2D eigenvalue weighted by molar-refractivity contribution is -0.139. The smallest absolute Gasteiger partial charge is 0.306 e. The quantitative estimate of drug-likeness (QED) is 0.520. The van der Waals surface area contributed by atoms with E-state index < -0.39 is 5.97 Å². The van der Waals surface area contributed by atoms with Crippen LogP contribution in [-0.4, -0.2) is 22.8 Å². The molecule has 0 aromatic carbocycles. The van der Waals surface area contributed by atoms with Gasteiger partial charge < -0.3 is 10.2 Å². The molecule has 2 N–H and O–H groups in total. The zero-order valence-electron chi connectivity index (χ0n) is 4.37. The summed E-state index contributed by atoms with van der Waals surface area (Å²) in [5.41, 5.74) is 0. The Labute approximate surface area is 46.9 Å². The van der Waals surface area contributed by atoms with Crippen LogP contribution in [0.25, 0.3) is 0 Å². The third-order valence-electron chi connectivity index (χ3n) is 1.47. The van der Waals surface area contributed by atoms with Gasteiger partial charge in [0.1, 0.15) is 0 Å². The Morgan fingerprint density at radius 1 is 1.75 bits per heavy atom. The second-order valence-electron chi connectivity index (χ2n) is 2.12. The standard InChI is InChI=1S/C5H8O3/c6-2-3-1-4(3)5(7)8/h3-4,6H,1-2H2,(H,7,8)/t3?,4-/m1/s1. The van der Waals surface area contributed by atoms with Crippen LogP contribution in [0.4, 0.5) is 0 Å². The average molecular weight is 116 g/mol. The number of aliphatic hydroxyl groups excluding tert-OH is 1. The minimum Gasteiger partial charge on any atom is -0.481 e. The van der Waals surface area contributed by atoms with Gasteiger partial charge in [-0.2, -0.15) is 0 Å². The Bertz CT molecular complexity index is 110. The monoisotopic (exact) mass is 116 g/mol. The highest BCUT2D eigenvalue weighted by Gasteiger charge is 2.42. The summed E-state index contributed by atoms with van der Waals surface area (Å²) in [5.74, 6) is -0.975. The molecule has 0 amide bonds. The molecule has 0 spiro atoms. The van der Waals surface area contributed by atoms with Crippen molar-refractivity contribution in [3.63, 3.8) is 0 Å². The highest BCUT2D eigenvalue weighted by Crippen LogP contribution is 2.37. The fourth-order valence-electron chi connectivity index (χ4n) is 0.752. The van der Waals surface area contributed by atoms with Gasteiger partial charge in [-0.1, -0.05) is 0 Å². The Hall–Kier alpha value is -0.570. The molecule has 0 saturated heterocycles. The van der Waals surface area contributed by atoms with Gasteiger partial charge in [-0.25, -0.2) is 0 Å². The van der Waals surface area contributed by atoms with E-state index in [-0.39, 0.29) is 18.4 Å². The van der Waals surface area contributed by atoms with Crippen LogP contribution >= 0.6 is 0 Å². The van der Waals surface area contributed by atoms with E-state index in [1.165, 1.54) is 0 Å². The molecule has 0 aromatic rings. The Morgan fingerprint density at radius 2 is 2.38 bits per heavy atom. The van der Waals surface area contributed by atoms with E-state index in [1.807, 2.05) is 0 Å². The van der Waals surface area contributed by atoms with Gasteiger partial charge in [-0.3, -0.25) is 4.79 Å². The number of carboxylic acid groups (broad SMARTS) is 1. The SMILES string of the molecule is O=C(O)[C@@H]1CC1CO. The van der Waals surface area contributed by atoms with Crippen LogP contribution in [0, 0.1) is 11.8 Å². The Morgan fingerprint density at radius 3 is 2.50 bits per heavy atom. The first-order chi connectivity index (χ1) is 3.75. The van der Waals surface area contributed by atoms with Crippen molar-refractivity contribution < 1.29 is 15.0 Å². The maximum Gasteiger partial charge on any atom is 0.306 e. The molecule has 46 valence electrons. The molecule has 1 unspecified atom stereocenters. The minimum atomic E-state index is -0.774. The third-order valence-corrected chi connectivity index (χ3v) is 1.47. The molecular formula is C5H8O3. The Balaban J connectivity index is 2.26. The molecule has 1 rings (SSSR count). The number of hydrogen-bond acceptors (Lipinski definition) is 2. The molecule has 3 nitrogen and oxygen atoms in total. The van der Waals surface area contributed by atoms with Gasteiger partial charge in [-0.15, -0.1) is 0 Å². The molecule has 0 heterocycles. The first-order valence-corrected chi connectivity index (χ1v) is 2.59. The first kappa shape index (κ1) is 5.56. The summed E-state index contributed by atoms with van der Waals surface area (Å²) in [5, 5.41) is 16.6. The molecule has 1 fully saturated rings. The Kier molecular flexibility index (Phi) is 1.21. The van der Waals surface area contributed by atoms with Crippen molar-refractivity contribution in [1.82, 2.24) is 0 Å². The zero-order valence-corrected chi connectivity index (χ0v) is 4.37. The number of aliphatic hydroxyl groups is 1. The molecule has 1 aliphatic rings. The number of carbonyl (C=O) groups is 1.